The van der Waals surface area contributed by atoms with Crippen molar-refractivity contribution in [2.75, 3.05) is 13.7 Å². The molecule has 0 bridgehead atoms. The Balaban J connectivity index is 2.35. The van der Waals surface area contributed by atoms with Gasteiger partial charge >= 0.3 is 5.97 Å². The minimum Gasteiger partial charge on any atom is -0.465 e. The molecule has 0 aliphatic heterocycles. The standard InChI is InChI=1S/C15H21ClN2O4S/c1-22-15(19)12-7-6-11(16)8-14(12)23(20,21)18-13-5-3-2-4-10(13)9-17/h6-8,10,13,18H,2-5,9,17H2,1H3. The Morgan fingerprint density at radius 2 is 2.09 bits per heavy atom. The van der Waals surface area contributed by atoms with E-state index in [4.69, 9.17) is 17.3 Å². The maximum Gasteiger partial charge on any atom is 0.339 e. The molecule has 1 fully saturated rings. The number of sulfonamides is 1. The summed E-state index contributed by atoms with van der Waals surface area (Å²) in [5.41, 5.74) is 5.71. The third-order valence-electron chi connectivity index (χ3n) is 4.16. The fourth-order valence-electron chi connectivity index (χ4n) is 2.90. The van der Waals surface area contributed by atoms with Crippen LogP contribution in [0.4, 0.5) is 0 Å². The number of rotatable bonds is 5. The molecule has 1 aliphatic carbocycles. The monoisotopic (exact) mass is 360 g/mol. The highest BCUT2D eigenvalue weighted by molar-refractivity contribution is 7.89. The fraction of sp³-hybridized carbons (Fsp3) is 0.533. The van der Waals surface area contributed by atoms with E-state index in [-0.39, 0.29) is 27.4 Å². The molecule has 0 aromatic heterocycles. The number of hydrogen-bond donors (Lipinski definition) is 2. The maximum atomic E-state index is 12.7. The molecule has 0 radical (unpaired) electrons. The number of hydrogen-bond acceptors (Lipinski definition) is 5. The summed E-state index contributed by atoms with van der Waals surface area (Å²) in [6.45, 7) is 0.423. The van der Waals surface area contributed by atoms with Crippen molar-refractivity contribution in [2.24, 2.45) is 11.7 Å². The van der Waals surface area contributed by atoms with Gasteiger partial charge in [-0.05, 0) is 43.5 Å². The van der Waals surface area contributed by atoms with Crippen LogP contribution < -0.4 is 10.5 Å². The van der Waals surface area contributed by atoms with Gasteiger partial charge in [-0.2, -0.15) is 0 Å². The zero-order valence-electron chi connectivity index (χ0n) is 12.9. The first-order valence-corrected chi connectivity index (χ1v) is 9.35. The van der Waals surface area contributed by atoms with E-state index in [1.807, 2.05) is 0 Å². The zero-order valence-corrected chi connectivity index (χ0v) is 14.5. The van der Waals surface area contributed by atoms with Crippen LogP contribution in [0.25, 0.3) is 0 Å². The third-order valence-corrected chi connectivity index (χ3v) is 5.92. The van der Waals surface area contributed by atoms with Crippen molar-refractivity contribution in [3.63, 3.8) is 0 Å². The summed E-state index contributed by atoms with van der Waals surface area (Å²) in [4.78, 5) is 11.7. The largest absolute Gasteiger partial charge is 0.465 e. The Morgan fingerprint density at radius 3 is 2.74 bits per heavy atom. The van der Waals surface area contributed by atoms with Crippen molar-refractivity contribution in [3.8, 4) is 0 Å². The first kappa shape index (κ1) is 18.2. The van der Waals surface area contributed by atoms with Crippen LogP contribution >= 0.6 is 11.6 Å². The number of methoxy groups -OCH3 is 1. The first-order chi connectivity index (χ1) is 10.9. The average molecular weight is 361 g/mol. The summed E-state index contributed by atoms with van der Waals surface area (Å²) >= 11 is 5.91. The molecule has 23 heavy (non-hydrogen) atoms. The van der Waals surface area contributed by atoms with Crippen molar-refractivity contribution in [3.05, 3.63) is 28.8 Å². The second-order valence-electron chi connectivity index (χ2n) is 5.64. The van der Waals surface area contributed by atoms with Crippen molar-refractivity contribution >= 4 is 27.6 Å². The second kappa shape index (κ2) is 7.61. The summed E-state index contributed by atoms with van der Waals surface area (Å²) in [7, 11) is -2.70. The number of benzene rings is 1. The highest BCUT2D eigenvalue weighted by Crippen LogP contribution is 2.27. The van der Waals surface area contributed by atoms with E-state index in [9.17, 15) is 13.2 Å². The zero-order chi connectivity index (χ0) is 17.0. The van der Waals surface area contributed by atoms with Gasteiger partial charge in [0.05, 0.1) is 17.6 Å². The van der Waals surface area contributed by atoms with Crippen LogP contribution in [-0.2, 0) is 14.8 Å². The van der Waals surface area contributed by atoms with Gasteiger partial charge in [0.1, 0.15) is 0 Å². The number of carbonyl (C=O) groups is 1. The Labute approximate surface area is 141 Å². The molecule has 128 valence electrons. The van der Waals surface area contributed by atoms with Crippen LogP contribution in [-0.4, -0.2) is 34.1 Å². The van der Waals surface area contributed by atoms with Gasteiger partial charge in [0.25, 0.3) is 0 Å². The first-order valence-electron chi connectivity index (χ1n) is 7.49. The van der Waals surface area contributed by atoms with E-state index in [0.717, 1.165) is 25.7 Å². The second-order valence-corrected chi connectivity index (χ2v) is 7.76. The topological polar surface area (TPSA) is 98.5 Å². The fourth-order valence-corrected chi connectivity index (χ4v) is 4.70. The van der Waals surface area contributed by atoms with Gasteiger partial charge in [-0.15, -0.1) is 0 Å². The lowest BCUT2D eigenvalue weighted by atomic mass is 9.85. The van der Waals surface area contributed by atoms with Gasteiger partial charge < -0.3 is 10.5 Å². The lowest BCUT2D eigenvalue weighted by molar-refractivity contribution is 0.0596. The van der Waals surface area contributed by atoms with Crippen molar-refractivity contribution in [1.82, 2.24) is 4.72 Å². The molecule has 1 aromatic carbocycles. The van der Waals surface area contributed by atoms with Crippen LogP contribution in [0.1, 0.15) is 36.0 Å². The number of esters is 1. The quantitative estimate of drug-likeness (QED) is 0.781. The van der Waals surface area contributed by atoms with E-state index in [0.29, 0.717) is 6.54 Å². The minimum atomic E-state index is -3.90. The molecule has 1 aliphatic rings. The highest BCUT2D eigenvalue weighted by Gasteiger charge is 2.31. The van der Waals surface area contributed by atoms with Gasteiger partial charge in [-0.25, -0.2) is 17.9 Å². The van der Waals surface area contributed by atoms with Gasteiger partial charge in [-0.3, -0.25) is 0 Å². The highest BCUT2D eigenvalue weighted by atomic mass is 35.5. The molecule has 0 heterocycles. The molecule has 1 saturated carbocycles. The van der Waals surface area contributed by atoms with Crippen LogP contribution in [0.3, 0.4) is 0 Å². The number of carbonyl (C=O) groups excluding carboxylic acids is 1. The molecule has 3 N–H and O–H groups in total. The molecule has 2 atom stereocenters. The Hall–Kier alpha value is -1.15. The summed E-state index contributed by atoms with van der Waals surface area (Å²) in [6.07, 6.45) is 3.62. The molecule has 0 amide bonds. The number of ether oxygens (including phenoxy) is 1. The molecule has 2 unspecified atom stereocenters. The SMILES string of the molecule is COC(=O)c1ccc(Cl)cc1S(=O)(=O)NC1CCCCC1CN. The van der Waals surface area contributed by atoms with Crippen LogP contribution in [0, 0.1) is 5.92 Å². The lowest BCUT2D eigenvalue weighted by Gasteiger charge is -2.31. The van der Waals surface area contributed by atoms with Crippen LogP contribution in [0.15, 0.2) is 23.1 Å². The molecule has 1 aromatic rings. The molecule has 0 saturated heterocycles. The van der Waals surface area contributed by atoms with Crippen molar-refractivity contribution < 1.29 is 17.9 Å². The summed E-state index contributed by atoms with van der Waals surface area (Å²) in [6, 6.07) is 3.83. The Kier molecular flexibility index (Phi) is 6.02. The number of nitrogens with two attached hydrogens (primary N) is 1. The number of halogens is 1. The summed E-state index contributed by atoms with van der Waals surface area (Å²) in [5, 5.41) is 0.233. The minimum absolute atomic E-state index is 0.0375. The molecule has 2 rings (SSSR count). The predicted octanol–water partition coefficient (Wildman–Crippen LogP) is 1.92. The molecule has 0 spiro atoms. The van der Waals surface area contributed by atoms with Gasteiger partial charge in [0.2, 0.25) is 10.0 Å². The lowest BCUT2D eigenvalue weighted by Crippen LogP contribution is -2.44. The smallest absolute Gasteiger partial charge is 0.339 e. The van der Waals surface area contributed by atoms with Crippen molar-refractivity contribution in [2.45, 2.75) is 36.6 Å². The van der Waals surface area contributed by atoms with E-state index in [1.165, 1.54) is 25.3 Å². The van der Waals surface area contributed by atoms with Crippen LogP contribution in [0.2, 0.25) is 5.02 Å². The van der Waals surface area contributed by atoms with E-state index in [2.05, 4.69) is 9.46 Å². The number of nitrogens with one attached hydrogen (secondary N) is 1. The normalized spacial score (nSPS) is 21.9. The molecular weight excluding hydrogens is 340 g/mol. The molecule has 6 nitrogen and oxygen atoms in total. The van der Waals surface area contributed by atoms with Crippen LogP contribution in [0.5, 0.6) is 0 Å². The summed E-state index contributed by atoms with van der Waals surface area (Å²) < 4.78 is 32.8. The predicted molar refractivity (Wildman–Crippen MR) is 87.9 cm³/mol. The van der Waals surface area contributed by atoms with Gasteiger partial charge in [0, 0.05) is 11.1 Å². The van der Waals surface area contributed by atoms with E-state index < -0.39 is 16.0 Å². The maximum absolute atomic E-state index is 12.7. The Morgan fingerprint density at radius 1 is 1.39 bits per heavy atom. The molecule has 8 heteroatoms. The van der Waals surface area contributed by atoms with E-state index in [1.54, 1.807) is 0 Å². The van der Waals surface area contributed by atoms with Gasteiger partial charge in [-0.1, -0.05) is 24.4 Å². The van der Waals surface area contributed by atoms with Gasteiger partial charge in [0.15, 0.2) is 0 Å². The third kappa shape index (κ3) is 4.23. The molecular formula is C15H21ClN2O4S. The van der Waals surface area contributed by atoms with E-state index >= 15 is 0 Å². The Bertz CT molecular complexity index is 678. The average Bonchev–Trinajstić information content (AvgIpc) is 2.54. The summed E-state index contributed by atoms with van der Waals surface area (Å²) in [5.74, 6) is -0.625. The van der Waals surface area contributed by atoms with Crippen molar-refractivity contribution in [1.29, 1.82) is 0 Å².